The number of rotatable bonds is 7. The van der Waals surface area contributed by atoms with E-state index < -0.39 is 10.0 Å². The fraction of sp³-hybridized carbons (Fsp3) is 0.400. The van der Waals surface area contributed by atoms with Crippen molar-refractivity contribution in [2.24, 2.45) is 0 Å². The van der Waals surface area contributed by atoms with Gasteiger partial charge in [0.15, 0.2) is 0 Å². The number of anilines is 1. The lowest BCUT2D eigenvalue weighted by Gasteiger charge is -2.37. The molecule has 3 aromatic rings. The highest BCUT2D eigenvalue weighted by atomic mass is 32.2. The average molecular weight is 483 g/mol. The minimum Gasteiger partial charge on any atom is -0.326 e. The van der Waals surface area contributed by atoms with E-state index in [2.05, 4.69) is 10.3 Å². The van der Waals surface area contributed by atoms with Crippen LogP contribution >= 0.6 is 0 Å². The summed E-state index contributed by atoms with van der Waals surface area (Å²) >= 11 is 0. The molecule has 34 heavy (non-hydrogen) atoms. The molecule has 2 atom stereocenters. The molecule has 1 aliphatic rings. The van der Waals surface area contributed by atoms with Gasteiger partial charge in [-0.25, -0.2) is 13.4 Å². The third-order valence-corrected chi connectivity index (χ3v) is 8.50. The van der Waals surface area contributed by atoms with Crippen LogP contribution in [0, 0.1) is 0 Å². The highest BCUT2D eigenvalue weighted by molar-refractivity contribution is 7.89. The van der Waals surface area contributed by atoms with Crippen molar-refractivity contribution >= 4 is 32.5 Å². The molecule has 0 bridgehead atoms. The Labute approximate surface area is 199 Å². The van der Waals surface area contributed by atoms with Crippen molar-refractivity contribution in [3.05, 3.63) is 65.2 Å². The first-order valence-corrected chi connectivity index (χ1v) is 13.1. The van der Waals surface area contributed by atoms with Crippen molar-refractivity contribution in [1.29, 1.82) is 0 Å². The predicted octanol–water partition coefficient (Wildman–Crippen LogP) is 3.77. The Morgan fingerprint density at radius 3 is 2.44 bits per heavy atom. The number of amides is 1. The maximum absolute atomic E-state index is 13.1. The summed E-state index contributed by atoms with van der Waals surface area (Å²) in [4.78, 5) is 29.4. The van der Waals surface area contributed by atoms with Crippen LogP contribution in [0.5, 0.6) is 0 Å². The molecule has 0 saturated carbocycles. The molecular weight excluding hydrogens is 452 g/mol. The van der Waals surface area contributed by atoms with Gasteiger partial charge in [0.05, 0.1) is 22.1 Å². The lowest BCUT2D eigenvalue weighted by molar-refractivity contribution is -0.116. The molecule has 0 radical (unpaired) electrons. The summed E-state index contributed by atoms with van der Waals surface area (Å²) in [6.45, 7) is 4.28. The van der Waals surface area contributed by atoms with Gasteiger partial charge in [-0.3, -0.25) is 14.2 Å². The molecule has 2 aromatic carbocycles. The fourth-order valence-electron chi connectivity index (χ4n) is 4.60. The quantitative estimate of drug-likeness (QED) is 0.552. The number of carbonyl (C=O) groups excluding carboxylic acids is 1. The second kappa shape index (κ2) is 10.1. The van der Waals surface area contributed by atoms with E-state index in [0.717, 1.165) is 19.3 Å². The molecule has 1 aliphatic heterocycles. The molecule has 180 valence electrons. The molecule has 2 heterocycles. The van der Waals surface area contributed by atoms with Gasteiger partial charge < -0.3 is 5.32 Å². The van der Waals surface area contributed by atoms with E-state index in [4.69, 9.17) is 0 Å². The summed E-state index contributed by atoms with van der Waals surface area (Å²) in [6, 6.07) is 13.4. The number of hydrogen-bond donors (Lipinski definition) is 1. The highest BCUT2D eigenvalue weighted by Gasteiger charge is 2.35. The smallest absolute Gasteiger partial charge is 0.261 e. The molecule has 0 spiro atoms. The second-order valence-corrected chi connectivity index (χ2v) is 10.7. The Balaban J connectivity index is 1.34. The highest BCUT2D eigenvalue weighted by Crippen LogP contribution is 2.30. The first kappa shape index (κ1) is 24.1. The molecule has 1 amide bonds. The first-order chi connectivity index (χ1) is 16.3. The van der Waals surface area contributed by atoms with E-state index in [1.165, 1.54) is 10.9 Å². The maximum Gasteiger partial charge on any atom is 0.261 e. The molecule has 1 aromatic heterocycles. The van der Waals surface area contributed by atoms with Gasteiger partial charge in [-0.1, -0.05) is 18.6 Å². The van der Waals surface area contributed by atoms with Gasteiger partial charge in [-0.2, -0.15) is 4.31 Å². The van der Waals surface area contributed by atoms with E-state index in [1.54, 1.807) is 46.8 Å². The number of aromatic nitrogens is 2. The number of benzene rings is 2. The van der Waals surface area contributed by atoms with Gasteiger partial charge >= 0.3 is 0 Å². The molecule has 8 nitrogen and oxygen atoms in total. The van der Waals surface area contributed by atoms with Gasteiger partial charge in [0.25, 0.3) is 5.56 Å². The molecule has 9 heteroatoms. The van der Waals surface area contributed by atoms with Crippen molar-refractivity contribution in [1.82, 2.24) is 13.9 Å². The van der Waals surface area contributed by atoms with Crippen LogP contribution in [0.25, 0.3) is 10.9 Å². The van der Waals surface area contributed by atoms with Crippen LogP contribution in [-0.2, 0) is 21.4 Å². The summed E-state index contributed by atoms with van der Waals surface area (Å²) in [5.74, 6) is -0.198. The van der Waals surface area contributed by atoms with Crippen LogP contribution in [0.2, 0.25) is 0 Å². The van der Waals surface area contributed by atoms with Crippen molar-refractivity contribution in [2.75, 3.05) is 5.32 Å². The van der Waals surface area contributed by atoms with Gasteiger partial charge in [-0.15, -0.1) is 0 Å². The number of nitrogens with one attached hydrogen (secondary N) is 1. The van der Waals surface area contributed by atoms with Gasteiger partial charge in [-0.05, 0) is 69.5 Å². The van der Waals surface area contributed by atoms with Crippen LogP contribution in [0.4, 0.5) is 5.69 Å². The Hall–Kier alpha value is -3.04. The Bertz CT molecular complexity index is 1330. The summed E-state index contributed by atoms with van der Waals surface area (Å²) in [6.07, 6.45) is 4.96. The zero-order chi connectivity index (χ0) is 24.3. The standard InChI is InChI=1S/C25H30N4O4S/c1-18-7-5-8-19(2)29(18)34(32,33)21-14-12-20(13-15-21)27-24(30)11-6-16-28-17-26-23-10-4-3-9-22(23)25(28)31/h3-4,9-10,12-15,17-19H,5-8,11,16H2,1-2H3,(H,27,30)/t18-,19-/m1/s1. The largest absolute Gasteiger partial charge is 0.326 e. The number of aryl methyl sites for hydroxylation is 1. The van der Waals surface area contributed by atoms with Crippen LogP contribution in [-0.4, -0.2) is 40.3 Å². The van der Waals surface area contributed by atoms with Crippen LogP contribution < -0.4 is 10.9 Å². The Morgan fingerprint density at radius 1 is 1.06 bits per heavy atom. The van der Waals surface area contributed by atoms with E-state index in [0.29, 0.717) is 29.6 Å². The summed E-state index contributed by atoms with van der Waals surface area (Å²) in [5, 5.41) is 3.35. The minimum absolute atomic E-state index is 0.0292. The molecule has 4 rings (SSSR count). The van der Waals surface area contributed by atoms with Gasteiger partial charge in [0.2, 0.25) is 15.9 Å². The van der Waals surface area contributed by atoms with Crippen molar-refractivity contribution in [3.8, 4) is 0 Å². The molecule has 1 saturated heterocycles. The lowest BCUT2D eigenvalue weighted by atomic mass is 10.0. The Kier molecular flexibility index (Phi) is 7.13. The summed E-state index contributed by atoms with van der Waals surface area (Å²) < 4.78 is 29.4. The minimum atomic E-state index is -3.59. The van der Waals surface area contributed by atoms with E-state index in [9.17, 15) is 18.0 Å². The zero-order valence-corrected chi connectivity index (χ0v) is 20.3. The molecule has 0 aliphatic carbocycles. The third-order valence-electron chi connectivity index (χ3n) is 6.36. The van der Waals surface area contributed by atoms with E-state index in [-0.39, 0.29) is 34.9 Å². The number of hydrogen-bond acceptors (Lipinski definition) is 5. The first-order valence-electron chi connectivity index (χ1n) is 11.6. The normalized spacial score (nSPS) is 19.2. The SMILES string of the molecule is C[C@@H]1CCC[C@@H](C)N1S(=O)(=O)c1ccc(NC(=O)CCCn2cnc3ccccc3c2=O)cc1. The zero-order valence-electron chi connectivity index (χ0n) is 19.5. The third kappa shape index (κ3) is 5.05. The number of carbonyl (C=O) groups is 1. The van der Waals surface area contributed by atoms with Crippen molar-refractivity contribution in [2.45, 2.75) is 69.5 Å². The topological polar surface area (TPSA) is 101 Å². The molecular formula is C25H30N4O4S. The van der Waals surface area contributed by atoms with Crippen LogP contribution in [0.3, 0.4) is 0 Å². The summed E-state index contributed by atoms with van der Waals surface area (Å²) in [7, 11) is -3.59. The van der Waals surface area contributed by atoms with Crippen molar-refractivity contribution in [3.63, 3.8) is 0 Å². The van der Waals surface area contributed by atoms with Crippen molar-refractivity contribution < 1.29 is 13.2 Å². The average Bonchev–Trinajstić information content (AvgIpc) is 2.81. The number of fused-ring (bicyclic) bond motifs is 1. The lowest BCUT2D eigenvalue weighted by Crippen LogP contribution is -2.47. The monoisotopic (exact) mass is 482 g/mol. The van der Waals surface area contributed by atoms with E-state index in [1.807, 2.05) is 19.9 Å². The molecule has 0 unspecified atom stereocenters. The van der Waals surface area contributed by atoms with E-state index >= 15 is 0 Å². The van der Waals surface area contributed by atoms with Crippen LogP contribution in [0.15, 0.2) is 64.5 Å². The van der Waals surface area contributed by atoms with Gasteiger partial charge in [0, 0.05) is 30.7 Å². The van der Waals surface area contributed by atoms with Gasteiger partial charge in [0.1, 0.15) is 0 Å². The number of para-hydroxylation sites is 1. The molecule has 1 fully saturated rings. The summed E-state index contributed by atoms with van der Waals surface area (Å²) in [5.41, 5.74) is 1.06. The Morgan fingerprint density at radius 2 is 1.74 bits per heavy atom. The second-order valence-electron chi connectivity index (χ2n) is 8.90. The number of piperidine rings is 1. The number of nitrogens with zero attached hydrogens (tertiary/aromatic N) is 3. The maximum atomic E-state index is 13.1. The molecule has 1 N–H and O–H groups in total. The fourth-order valence-corrected chi connectivity index (χ4v) is 6.48. The number of sulfonamides is 1. The predicted molar refractivity (Wildman–Crippen MR) is 132 cm³/mol. The van der Waals surface area contributed by atoms with Crippen LogP contribution in [0.1, 0.15) is 46.0 Å².